The van der Waals surface area contributed by atoms with Crippen LogP contribution in [-0.4, -0.2) is 32.1 Å². The van der Waals surface area contributed by atoms with Crippen LogP contribution >= 0.6 is 34.5 Å². The van der Waals surface area contributed by atoms with Crippen molar-refractivity contribution in [1.29, 1.82) is 0 Å². The van der Waals surface area contributed by atoms with Gasteiger partial charge in [0.2, 0.25) is 15.9 Å². The molecule has 1 amide bonds. The number of hydrogen-bond donors (Lipinski definition) is 1. The Morgan fingerprint density at radius 1 is 1.12 bits per heavy atom. The number of carbonyl (C=O) groups excluding carboxylic acids is 1. The van der Waals surface area contributed by atoms with Crippen LogP contribution in [0.1, 0.15) is 30.7 Å². The fourth-order valence-corrected chi connectivity index (χ4v) is 5.53. The van der Waals surface area contributed by atoms with E-state index in [9.17, 15) is 13.2 Å². The number of halogens is 2. The van der Waals surface area contributed by atoms with Gasteiger partial charge in [0.05, 0.1) is 22.0 Å². The maximum Gasteiger partial charge on any atom is 0.235 e. The molecule has 3 aromatic rings. The monoisotopic (exact) mass is 539 g/mol. The lowest BCUT2D eigenvalue weighted by atomic mass is 10.0. The van der Waals surface area contributed by atoms with Gasteiger partial charge in [-0.15, -0.1) is 11.3 Å². The Morgan fingerprint density at radius 2 is 1.82 bits per heavy atom. The van der Waals surface area contributed by atoms with Crippen molar-refractivity contribution in [1.82, 2.24) is 9.71 Å². The zero-order valence-electron chi connectivity index (χ0n) is 19.2. The van der Waals surface area contributed by atoms with Crippen LogP contribution in [0.5, 0.6) is 0 Å². The van der Waals surface area contributed by atoms with E-state index in [-0.39, 0.29) is 6.42 Å². The summed E-state index contributed by atoms with van der Waals surface area (Å²) < 4.78 is 24.9. The minimum absolute atomic E-state index is 0.0150. The van der Waals surface area contributed by atoms with Gasteiger partial charge >= 0.3 is 0 Å². The van der Waals surface area contributed by atoms with Gasteiger partial charge in [-0.2, -0.15) is 0 Å². The first-order chi connectivity index (χ1) is 16.0. The first-order valence-corrected chi connectivity index (χ1v) is 14.2. The third kappa shape index (κ3) is 7.70. The lowest BCUT2D eigenvalue weighted by Gasteiger charge is -2.21. The number of nitrogens with zero attached hydrogens (tertiary/aromatic N) is 2. The van der Waals surface area contributed by atoms with Gasteiger partial charge in [0, 0.05) is 30.0 Å². The molecule has 2 aromatic carbocycles. The van der Waals surface area contributed by atoms with Crippen molar-refractivity contribution in [3.05, 3.63) is 69.0 Å². The van der Waals surface area contributed by atoms with E-state index in [0.29, 0.717) is 29.1 Å². The average Bonchev–Trinajstić information content (AvgIpc) is 3.15. The van der Waals surface area contributed by atoms with Crippen molar-refractivity contribution < 1.29 is 13.2 Å². The predicted octanol–water partition coefficient (Wildman–Crippen LogP) is 5.79. The SMILES string of the molecule is CC(C)Cc1sc(N(CCC(=O)NS(C)(=O)=O)Cc2ccccc2)nc1-c1ccc(Cl)c(Cl)c1. The highest BCUT2D eigenvalue weighted by atomic mass is 35.5. The summed E-state index contributed by atoms with van der Waals surface area (Å²) in [6.07, 6.45) is 1.82. The van der Waals surface area contributed by atoms with E-state index in [1.807, 2.05) is 52.1 Å². The molecule has 0 fully saturated rings. The number of rotatable bonds is 10. The summed E-state index contributed by atoms with van der Waals surface area (Å²) in [6.45, 7) is 5.14. The van der Waals surface area contributed by atoms with Crippen molar-refractivity contribution >= 4 is 55.6 Å². The summed E-state index contributed by atoms with van der Waals surface area (Å²) in [5.74, 6) is -0.137. The Kier molecular flexibility index (Phi) is 8.98. The summed E-state index contributed by atoms with van der Waals surface area (Å²) in [4.78, 5) is 20.3. The number of nitrogens with one attached hydrogen (secondary N) is 1. The second-order valence-electron chi connectivity index (χ2n) is 8.45. The van der Waals surface area contributed by atoms with Crippen LogP contribution in [0.15, 0.2) is 48.5 Å². The van der Waals surface area contributed by atoms with E-state index >= 15 is 0 Å². The van der Waals surface area contributed by atoms with Crippen LogP contribution in [0.4, 0.5) is 5.13 Å². The molecule has 1 heterocycles. The van der Waals surface area contributed by atoms with E-state index < -0.39 is 15.9 Å². The number of aromatic nitrogens is 1. The van der Waals surface area contributed by atoms with E-state index in [0.717, 1.165) is 39.5 Å². The van der Waals surface area contributed by atoms with Gasteiger partial charge in [-0.25, -0.2) is 13.4 Å². The first-order valence-electron chi connectivity index (χ1n) is 10.8. The Hall–Kier alpha value is -2.13. The maximum absolute atomic E-state index is 12.2. The molecule has 1 aromatic heterocycles. The van der Waals surface area contributed by atoms with E-state index in [4.69, 9.17) is 28.2 Å². The quantitative estimate of drug-likeness (QED) is 0.352. The van der Waals surface area contributed by atoms with E-state index in [1.54, 1.807) is 17.4 Å². The zero-order chi connectivity index (χ0) is 24.9. The predicted molar refractivity (Wildman–Crippen MR) is 141 cm³/mol. The Bertz CT molecular complexity index is 1250. The number of amides is 1. The molecule has 0 spiro atoms. The number of carbonyl (C=O) groups is 1. The molecule has 3 rings (SSSR count). The topological polar surface area (TPSA) is 79.4 Å². The van der Waals surface area contributed by atoms with Crippen molar-refractivity contribution in [2.45, 2.75) is 33.2 Å². The molecule has 0 radical (unpaired) electrons. The van der Waals surface area contributed by atoms with Gasteiger partial charge in [-0.1, -0.05) is 73.4 Å². The lowest BCUT2D eigenvalue weighted by molar-refractivity contribution is -0.119. The summed E-state index contributed by atoms with van der Waals surface area (Å²) in [7, 11) is -3.61. The standard InChI is InChI=1S/C24H27Cl2N3O3S2/c1-16(2)13-21-23(18-9-10-19(25)20(26)14-18)27-24(33-21)29(15-17-7-5-4-6-8-17)12-11-22(30)28-34(3,31)32/h4-10,14,16H,11-13,15H2,1-3H3,(H,28,30). The largest absolute Gasteiger partial charge is 0.343 e. The average molecular weight is 541 g/mol. The van der Waals surface area contributed by atoms with E-state index in [1.165, 1.54) is 0 Å². The summed E-state index contributed by atoms with van der Waals surface area (Å²) in [5.41, 5.74) is 2.77. The van der Waals surface area contributed by atoms with Crippen molar-refractivity contribution in [2.75, 3.05) is 17.7 Å². The Morgan fingerprint density at radius 3 is 2.44 bits per heavy atom. The molecule has 0 atom stereocenters. The molecular weight excluding hydrogens is 513 g/mol. The van der Waals surface area contributed by atoms with Gasteiger partial charge < -0.3 is 4.90 Å². The van der Waals surface area contributed by atoms with Gasteiger partial charge in [0.1, 0.15) is 0 Å². The molecule has 34 heavy (non-hydrogen) atoms. The van der Waals surface area contributed by atoms with Crippen molar-refractivity contribution in [2.24, 2.45) is 5.92 Å². The molecule has 0 bridgehead atoms. The summed E-state index contributed by atoms with van der Waals surface area (Å²) >= 11 is 14.0. The van der Waals surface area contributed by atoms with Gasteiger partial charge in [0.25, 0.3) is 0 Å². The maximum atomic E-state index is 12.2. The normalized spacial score (nSPS) is 11.6. The molecule has 0 unspecified atom stereocenters. The number of sulfonamides is 1. The fraction of sp³-hybridized carbons (Fsp3) is 0.333. The molecular formula is C24H27Cl2N3O3S2. The summed E-state index contributed by atoms with van der Waals surface area (Å²) in [5, 5.41) is 1.70. The molecule has 0 aliphatic heterocycles. The molecule has 6 nitrogen and oxygen atoms in total. The highest BCUT2D eigenvalue weighted by Gasteiger charge is 2.21. The number of thiazole rings is 1. The van der Waals surface area contributed by atoms with Crippen molar-refractivity contribution in [3.8, 4) is 11.3 Å². The molecule has 0 aliphatic rings. The second kappa shape index (κ2) is 11.5. The molecule has 182 valence electrons. The third-order valence-corrected chi connectivity index (χ3v) is 7.34. The minimum atomic E-state index is -3.61. The van der Waals surface area contributed by atoms with Crippen LogP contribution in [0.25, 0.3) is 11.3 Å². The van der Waals surface area contributed by atoms with Gasteiger partial charge in [-0.3, -0.25) is 9.52 Å². The summed E-state index contributed by atoms with van der Waals surface area (Å²) in [6, 6.07) is 15.3. The van der Waals surface area contributed by atoms with Crippen LogP contribution in [0.2, 0.25) is 10.0 Å². The third-order valence-electron chi connectivity index (χ3n) is 4.87. The van der Waals surface area contributed by atoms with Crippen LogP contribution in [0, 0.1) is 5.92 Å². The van der Waals surface area contributed by atoms with Crippen LogP contribution in [-0.2, 0) is 27.8 Å². The zero-order valence-corrected chi connectivity index (χ0v) is 22.4. The number of hydrogen-bond acceptors (Lipinski definition) is 6. The molecule has 0 saturated carbocycles. The van der Waals surface area contributed by atoms with Crippen molar-refractivity contribution in [3.63, 3.8) is 0 Å². The number of anilines is 1. The first kappa shape index (κ1) is 26.5. The Labute approximate surface area is 215 Å². The van der Waals surface area contributed by atoms with Gasteiger partial charge in [0.15, 0.2) is 5.13 Å². The number of benzene rings is 2. The smallest absolute Gasteiger partial charge is 0.235 e. The minimum Gasteiger partial charge on any atom is -0.343 e. The van der Waals surface area contributed by atoms with Gasteiger partial charge in [-0.05, 0) is 30.0 Å². The Balaban J connectivity index is 1.96. The molecule has 10 heteroatoms. The molecule has 0 saturated heterocycles. The molecule has 0 aliphatic carbocycles. The van der Waals surface area contributed by atoms with Crippen LogP contribution < -0.4 is 9.62 Å². The second-order valence-corrected chi connectivity index (χ2v) is 12.1. The van der Waals surface area contributed by atoms with Crippen LogP contribution in [0.3, 0.4) is 0 Å². The fourth-order valence-electron chi connectivity index (χ4n) is 3.39. The lowest BCUT2D eigenvalue weighted by Crippen LogP contribution is -2.33. The highest BCUT2D eigenvalue weighted by Crippen LogP contribution is 2.37. The highest BCUT2D eigenvalue weighted by molar-refractivity contribution is 7.89. The molecule has 1 N–H and O–H groups in total. The van der Waals surface area contributed by atoms with E-state index in [2.05, 4.69) is 13.8 Å².